The van der Waals surface area contributed by atoms with Gasteiger partial charge in [0.05, 0.1) is 15.9 Å². The molecule has 1 unspecified atom stereocenters. The third-order valence-electron chi connectivity index (χ3n) is 3.03. The smallest absolute Gasteiger partial charge is 0.0767 e. The molecule has 1 atom stereocenters. The van der Waals surface area contributed by atoms with Gasteiger partial charge in [-0.05, 0) is 35.2 Å². The molecule has 0 fully saturated rings. The number of nitrogens with zero attached hydrogens (tertiary/aromatic N) is 2. The maximum Gasteiger partial charge on any atom is 0.0767 e. The first-order valence-electron chi connectivity index (χ1n) is 6.18. The summed E-state index contributed by atoms with van der Waals surface area (Å²) in [6.45, 7) is 5.24. The topological polar surface area (TPSA) is 50.1 Å². The summed E-state index contributed by atoms with van der Waals surface area (Å²) in [7, 11) is 1.97. The van der Waals surface area contributed by atoms with Crippen LogP contribution in [0.4, 0.5) is 0 Å². The van der Waals surface area contributed by atoms with E-state index in [9.17, 15) is 0 Å². The Hall–Kier alpha value is -0.390. The van der Waals surface area contributed by atoms with Crippen molar-refractivity contribution < 1.29 is 5.11 Å². The fraction of sp³-hybridized carbons (Fsp3) is 0.750. The average molecular weight is 304 g/mol. The highest BCUT2D eigenvalue weighted by Gasteiger charge is 2.13. The minimum Gasteiger partial charge on any atom is -0.396 e. The Morgan fingerprint density at radius 2 is 2.18 bits per heavy atom. The average Bonchev–Trinajstić information content (AvgIpc) is 2.60. The van der Waals surface area contributed by atoms with Gasteiger partial charge in [0.2, 0.25) is 0 Å². The van der Waals surface area contributed by atoms with Crippen LogP contribution in [0.5, 0.6) is 0 Å². The molecule has 1 rings (SSSR count). The molecule has 0 bridgehead atoms. The van der Waals surface area contributed by atoms with Gasteiger partial charge in [0.1, 0.15) is 0 Å². The highest BCUT2D eigenvalue weighted by atomic mass is 79.9. The first-order valence-corrected chi connectivity index (χ1v) is 6.97. The van der Waals surface area contributed by atoms with Crippen LogP contribution in [0.25, 0.3) is 0 Å². The van der Waals surface area contributed by atoms with E-state index in [1.165, 1.54) is 5.69 Å². The number of hydrogen-bond donors (Lipinski definition) is 2. The van der Waals surface area contributed by atoms with E-state index < -0.39 is 0 Å². The molecular weight excluding hydrogens is 282 g/mol. The highest BCUT2D eigenvalue weighted by molar-refractivity contribution is 9.10. The molecule has 2 N–H and O–H groups in total. The summed E-state index contributed by atoms with van der Waals surface area (Å²) in [4.78, 5) is 0. The number of halogens is 1. The Bertz CT molecular complexity index is 352. The molecular formula is C12H22BrN3O. The van der Waals surface area contributed by atoms with Gasteiger partial charge >= 0.3 is 0 Å². The molecule has 0 spiro atoms. The Kier molecular flexibility index (Phi) is 6.16. The SMILES string of the molecule is CCc1nn(C)c(CNC(CC)CCO)c1Br. The van der Waals surface area contributed by atoms with Crippen molar-refractivity contribution in [1.29, 1.82) is 0 Å². The lowest BCUT2D eigenvalue weighted by atomic mass is 10.1. The number of aliphatic hydroxyl groups is 1. The zero-order valence-electron chi connectivity index (χ0n) is 10.8. The molecule has 0 amide bonds. The van der Waals surface area contributed by atoms with E-state index in [4.69, 9.17) is 5.11 Å². The lowest BCUT2D eigenvalue weighted by Crippen LogP contribution is -2.29. The second-order valence-electron chi connectivity index (χ2n) is 4.18. The molecule has 0 aliphatic heterocycles. The van der Waals surface area contributed by atoms with Crippen molar-refractivity contribution in [3.8, 4) is 0 Å². The van der Waals surface area contributed by atoms with E-state index in [1.807, 2.05) is 11.7 Å². The number of nitrogens with one attached hydrogen (secondary N) is 1. The summed E-state index contributed by atoms with van der Waals surface area (Å²) in [6, 6.07) is 0.367. The van der Waals surface area contributed by atoms with Crippen molar-refractivity contribution in [2.75, 3.05) is 6.61 Å². The number of aliphatic hydroxyl groups excluding tert-OH is 1. The quantitative estimate of drug-likeness (QED) is 0.810. The van der Waals surface area contributed by atoms with Crippen LogP contribution in [0.2, 0.25) is 0 Å². The Morgan fingerprint density at radius 1 is 1.47 bits per heavy atom. The van der Waals surface area contributed by atoms with Crippen molar-refractivity contribution in [2.24, 2.45) is 7.05 Å². The molecule has 1 aromatic heterocycles. The van der Waals surface area contributed by atoms with Crippen LogP contribution < -0.4 is 5.32 Å². The molecule has 0 aliphatic carbocycles. The van der Waals surface area contributed by atoms with Crippen molar-refractivity contribution in [1.82, 2.24) is 15.1 Å². The summed E-state index contributed by atoms with van der Waals surface area (Å²) >= 11 is 3.60. The number of aromatic nitrogens is 2. The third-order valence-corrected chi connectivity index (χ3v) is 3.95. The van der Waals surface area contributed by atoms with E-state index >= 15 is 0 Å². The predicted octanol–water partition coefficient (Wildman–Crippen LogP) is 2.00. The standard InChI is InChI=1S/C12H22BrN3O/c1-4-9(6-7-17)14-8-11-12(13)10(5-2)15-16(11)3/h9,14,17H,4-8H2,1-3H3. The number of aryl methyl sites for hydroxylation is 2. The van der Waals surface area contributed by atoms with E-state index in [-0.39, 0.29) is 6.61 Å². The zero-order valence-corrected chi connectivity index (χ0v) is 12.4. The van der Waals surface area contributed by atoms with Crippen LogP contribution in [0.15, 0.2) is 4.47 Å². The van der Waals surface area contributed by atoms with Gasteiger partial charge in [0.25, 0.3) is 0 Å². The molecule has 4 nitrogen and oxygen atoms in total. The van der Waals surface area contributed by atoms with Crippen LogP contribution in [0.3, 0.4) is 0 Å². The van der Waals surface area contributed by atoms with Crippen molar-refractivity contribution in [2.45, 2.75) is 45.7 Å². The van der Waals surface area contributed by atoms with Crippen molar-refractivity contribution >= 4 is 15.9 Å². The zero-order chi connectivity index (χ0) is 12.8. The summed E-state index contributed by atoms with van der Waals surface area (Å²) < 4.78 is 3.02. The maximum absolute atomic E-state index is 8.95. The molecule has 5 heteroatoms. The van der Waals surface area contributed by atoms with Gasteiger partial charge in [0, 0.05) is 26.2 Å². The monoisotopic (exact) mass is 303 g/mol. The molecule has 0 saturated heterocycles. The van der Waals surface area contributed by atoms with E-state index in [1.54, 1.807) is 0 Å². The fourth-order valence-corrected chi connectivity index (χ4v) is 2.62. The molecule has 98 valence electrons. The van der Waals surface area contributed by atoms with Gasteiger partial charge in [-0.1, -0.05) is 13.8 Å². The van der Waals surface area contributed by atoms with Crippen molar-refractivity contribution in [3.05, 3.63) is 15.9 Å². The van der Waals surface area contributed by atoms with Gasteiger partial charge < -0.3 is 10.4 Å². The van der Waals surface area contributed by atoms with E-state index in [0.29, 0.717) is 6.04 Å². The molecule has 0 saturated carbocycles. The first kappa shape index (κ1) is 14.7. The van der Waals surface area contributed by atoms with Gasteiger partial charge in [-0.3, -0.25) is 4.68 Å². The van der Waals surface area contributed by atoms with Gasteiger partial charge in [-0.25, -0.2) is 0 Å². The van der Waals surface area contributed by atoms with Crippen LogP contribution in [-0.2, 0) is 20.0 Å². The van der Waals surface area contributed by atoms with Crippen LogP contribution in [0, 0.1) is 0 Å². The van der Waals surface area contributed by atoms with Crippen molar-refractivity contribution in [3.63, 3.8) is 0 Å². The van der Waals surface area contributed by atoms with Crippen LogP contribution >= 0.6 is 15.9 Å². The minimum atomic E-state index is 0.234. The number of rotatable bonds is 7. The molecule has 0 aromatic carbocycles. The second-order valence-corrected chi connectivity index (χ2v) is 4.98. The Labute approximate surface area is 112 Å². The summed E-state index contributed by atoms with van der Waals surface area (Å²) in [6.07, 6.45) is 2.76. The Balaban J connectivity index is 2.65. The summed E-state index contributed by atoms with van der Waals surface area (Å²) in [5.74, 6) is 0. The maximum atomic E-state index is 8.95. The summed E-state index contributed by atoms with van der Waals surface area (Å²) in [5, 5.41) is 16.9. The van der Waals surface area contributed by atoms with Gasteiger partial charge in [0.15, 0.2) is 0 Å². The lowest BCUT2D eigenvalue weighted by molar-refractivity contribution is 0.261. The predicted molar refractivity (Wildman–Crippen MR) is 72.9 cm³/mol. The highest BCUT2D eigenvalue weighted by Crippen LogP contribution is 2.21. The Morgan fingerprint density at radius 3 is 2.65 bits per heavy atom. The van der Waals surface area contributed by atoms with Crippen LogP contribution in [-0.4, -0.2) is 27.5 Å². The van der Waals surface area contributed by atoms with Gasteiger partial charge in [-0.2, -0.15) is 5.10 Å². The molecule has 1 heterocycles. The van der Waals surface area contributed by atoms with E-state index in [2.05, 4.69) is 40.2 Å². The fourth-order valence-electron chi connectivity index (χ4n) is 1.86. The second kappa shape index (κ2) is 7.13. The van der Waals surface area contributed by atoms with E-state index in [0.717, 1.165) is 36.0 Å². The molecule has 1 aromatic rings. The lowest BCUT2D eigenvalue weighted by Gasteiger charge is -2.15. The third kappa shape index (κ3) is 3.79. The number of hydrogen-bond acceptors (Lipinski definition) is 3. The molecule has 17 heavy (non-hydrogen) atoms. The normalized spacial score (nSPS) is 13.0. The summed E-state index contributed by atoms with van der Waals surface area (Å²) in [5.41, 5.74) is 2.26. The first-order chi connectivity index (χ1) is 8.13. The van der Waals surface area contributed by atoms with Crippen LogP contribution in [0.1, 0.15) is 38.1 Å². The largest absolute Gasteiger partial charge is 0.396 e. The molecule has 0 aliphatic rings. The minimum absolute atomic E-state index is 0.234. The van der Waals surface area contributed by atoms with Gasteiger partial charge in [-0.15, -0.1) is 0 Å². The molecule has 0 radical (unpaired) electrons.